The van der Waals surface area contributed by atoms with Crippen LogP contribution < -0.4 is 4.74 Å². The van der Waals surface area contributed by atoms with E-state index in [9.17, 15) is 5.11 Å². The molecule has 0 bridgehead atoms. The molecule has 2 atom stereocenters. The smallest absolute Gasteiger partial charge is 0.161 e. The molecule has 2 heteroatoms. The molecule has 1 aliphatic rings. The summed E-state index contributed by atoms with van der Waals surface area (Å²) >= 11 is 0. The van der Waals surface area contributed by atoms with E-state index in [-0.39, 0.29) is 5.75 Å². The first-order valence-electron chi connectivity index (χ1n) is 9.75. The van der Waals surface area contributed by atoms with Crippen LogP contribution in [0, 0.1) is 5.92 Å². The highest BCUT2D eigenvalue weighted by Crippen LogP contribution is 2.44. The summed E-state index contributed by atoms with van der Waals surface area (Å²) in [6.45, 7) is 9.03. The fourth-order valence-electron chi connectivity index (χ4n) is 3.88. The van der Waals surface area contributed by atoms with E-state index in [1.54, 1.807) is 0 Å². The summed E-state index contributed by atoms with van der Waals surface area (Å²) in [6, 6.07) is 14.1. The SMILES string of the molecule is CC.CCC1CCc2cc(O)c(OCc3ccccc3)cc2C1CC. The van der Waals surface area contributed by atoms with Gasteiger partial charge in [-0.15, -0.1) is 0 Å². The van der Waals surface area contributed by atoms with Gasteiger partial charge in [0.2, 0.25) is 0 Å². The largest absolute Gasteiger partial charge is 0.504 e. The highest BCUT2D eigenvalue weighted by molar-refractivity contribution is 5.49. The van der Waals surface area contributed by atoms with Crippen molar-refractivity contribution in [3.63, 3.8) is 0 Å². The Morgan fingerprint density at radius 3 is 2.40 bits per heavy atom. The van der Waals surface area contributed by atoms with Crippen LogP contribution in [0.5, 0.6) is 11.5 Å². The lowest BCUT2D eigenvalue weighted by Gasteiger charge is -2.33. The van der Waals surface area contributed by atoms with Crippen LogP contribution in [-0.2, 0) is 13.0 Å². The van der Waals surface area contributed by atoms with Crippen LogP contribution in [0.3, 0.4) is 0 Å². The molecule has 0 saturated carbocycles. The van der Waals surface area contributed by atoms with Crippen LogP contribution in [-0.4, -0.2) is 5.11 Å². The quantitative estimate of drug-likeness (QED) is 0.676. The van der Waals surface area contributed by atoms with Gasteiger partial charge in [-0.05, 0) is 59.9 Å². The molecule has 25 heavy (non-hydrogen) atoms. The molecule has 2 nitrogen and oxygen atoms in total. The van der Waals surface area contributed by atoms with Gasteiger partial charge in [0.05, 0.1) is 0 Å². The van der Waals surface area contributed by atoms with E-state index in [1.165, 1.54) is 24.0 Å². The van der Waals surface area contributed by atoms with Crippen molar-refractivity contribution in [1.29, 1.82) is 0 Å². The summed E-state index contributed by atoms with van der Waals surface area (Å²) in [6.07, 6.45) is 4.66. The Morgan fingerprint density at radius 1 is 1.04 bits per heavy atom. The van der Waals surface area contributed by atoms with E-state index in [0.717, 1.165) is 24.3 Å². The molecule has 0 radical (unpaired) electrons. The lowest BCUT2D eigenvalue weighted by molar-refractivity contribution is 0.285. The van der Waals surface area contributed by atoms with Gasteiger partial charge >= 0.3 is 0 Å². The fraction of sp³-hybridized carbons (Fsp3) is 0.478. The van der Waals surface area contributed by atoms with Gasteiger partial charge in [-0.3, -0.25) is 0 Å². The van der Waals surface area contributed by atoms with Gasteiger partial charge in [0, 0.05) is 0 Å². The lowest BCUT2D eigenvalue weighted by Crippen LogP contribution is -2.20. The lowest BCUT2D eigenvalue weighted by atomic mass is 9.72. The zero-order valence-corrected chi connectivity index (χ0v) is 16.1. The summed E-state index contributed by atoms with van der Waals surface area (Å²) in [5, 5.41) is 10.3. The average molecular weight is 341 g/mol. The Kier molecular flexibility index (Phi) is 7.36. The first-order valence-corrected chi connectivity index (χ1v) is 9.75. The topological polar surface area (TPSA) is 29.5 Å². The van der Waals surface area contributed by atoms with Crippen molar-refractivity contribution in [1.82, 2.24) is 0 Å². The number of hydrogen-bond acceptors (Lipinski definition) is 2. The summed E-state index contributed by atoms with van der Waals surface area (Å²) in [5.41, 5.74) is 3.79. The van der Waals surface area contributed by atoms with Crippen molar-refractivity contribution in [2.24, 2.45) is 5.92 Å². The van der Waals surface area contributed by atoms with Gasteiger partial charge in [0.25, 0.3) is 0 Å². The highest BCUT2D eigenvalue weighted by Gasteiger charge is 2.28. The van der Waals surface area contributed by atoms with Crippen LogP contribution in [0.2, 0.25) is 0 Å². The predicted molar refractivity (Wildman–Crippen MR) is 105 cm³/mol. The van der Waals surface area contributed by atoms with E-state index < -0.39 is 0 Å². The number of aryl methyl sites for hydroxylation is 1. The van der Waals surface area contributed by atoms with Crippen LogP contribution in [0.15, 0.2) is 42.5 Å². The van der Waals surface area contributed by atoms with E-state index in [4.69, 9.17) is 4.74 Å². The van der Waals surface area contributed by atoms with Gasteiger partial charge in [-0.25, -0.2) is 0 Å². The number of phenolic OH excluding ortho intramolecular Hbond substituents is 1. The van der Waals surface area contributed by atoms with E-state index in [1.807, 2.05) is 50.2 Å². The van der Waals surface area contributed by atoms with Gasteiger partial charge in [-0.1, -0.05) is 64.4 Å². The highest BCUT2D eigenvalue weighted by atomic mass is 16.5. The minimum absolute atomic E-state index is 0.268. The Bertz CT molecular complexity index is 649. The standard InChI is InChI=1S/C21H26O2.C2H6/c1-3-16-10-11-17-12-20(22)21(13-19(17)18(16)4-2)23-14-15-8-6-5-7-9-15;1-2/h5-9,12-13,16,18,22H,3-4,10-11,14H2,1-2H3;1-2H3. The van der Waals surface area contributed by atoms with Crippen molar-refractivity contribution in [2.75, 3.05) is 0 Å². The molecule has 0 fully saturated rings. The van der Waals surface area contributed by atoms with Crippen molar-refractivity contribution in [3.05, 3.63) is 59.2 Å². The van der Waals surface area contributed by atoms with Crippen LogP contribution >= 0.6 is 0 Å². The van der Waals surface area contributed by atoms with E-state index in [0.29, 0.717) is 18.3 Å². The maximum atomic E-state index is 10.3. The molecule has 3 rings (SSSR count). The molecule has 0 spiro atoms. The molecular formula is C23H32O2. The molecule has 2 aromatic carbocycles. The third-order valence-corrected chi connectivity index (χ3v) is 5.18. The second-order valence-electron chi connectivity index (χ2n) is 6.51. The normalized spacial score (nSPS) is 18.7. The van der Waals surface area contributed by atoms with Gasteiger partial charge < -0.3 is 9.84 Å². The summed E-state index contributed by atoms with van der Waals surface area (Å²) in [7, 11) is 0. The Hall–Kier alpha value is -1.96. The fourth-order valence-corrected chi connectivity index (χ4v) is 3.88. The van der Waals surface area contributed by atoms with Gasteiger partial charge in [0.1, 0.15) is 6.61 Å². The zero-order valence-electron chi connectivity index (χ0n) is 16.1. The van der Waals surface area contributed by atoms with E-state index in [2.05, 4.69) is 19.9 Å². The molecule has 0 amide bonds. The third-order valence-electron chi connectivity index (χ3n) is 5.18. The number of ether oxygens (including phenoxy) is 1. The molecule has 0 heterocycles. The molecule has 2 aromatic rings. The molecule has 1 N–H and O–H groups in total. The van der Waals surface area contributed by atoms with Crippen LogP contribution in [0.4, 0.5) is 0 Å². The number of hydrogen-bond donors (Lipinski definition) is 1. The summed E-state index contributed by atoms with van der Waals surface area (Å²) in [5.74, 6) is 2.22. The zero-order chi connectivity index (χ0) is 18.2. The molecule has 2 unspecified atom stereocenters. The maximum Gasteiger partial charge on any atom is 0.161 e. The number of phenols is 1. The van der Waals surface area contributed by atoms with Crippen molar-refractivity contribution >= 4 is 0 Å². The Labute approximate surface area is 152 Å². The molecule has 0 saturated heterocycles. The van der Waals surface area contributed by atoms with Crippen LogP contribution in [0.25, 0.3) is 0 Å². The minimum Gasteiger partial charge on any atom is -0.504 e. The second kappa shape index (κ2) is 9.50. The van der Waals surface area contributed by atoms with Crippen molar-refractivity contribution in [3.8, 4) is 11.5 Å². The second-order valence-corrected chi connectivity index (χ2v) is 6.51. The minimum atomic E-state index is 0.268. The number of rotatable bonds is 5. The third kappa shape index (κ3) is 4.56. The van der Waals surface area contributed by atoms with Gasteiger partial charge in [0.15, 0.2) is 11.5 Å². The maximum absolute atomic E-state index is 10.3. The molecule has 136 valence electrons. The van der Waals surface area contributed by atoms with Gasteiger partial charge in [-0.2, -0.15) is 0 Å². The van der Waals surface area contributed by atoms with E-state index >= 15 is 0 Å². The first-order chi connectivity index (χ1) is 12.2. The van der Waals surface area contributed by atoms with Crippen molar-refractivity contribution in [2.45, 2.75) is 65.9 Å². The number of benzene rings is 2. The summed E-state index contributed by atoms with van der Waals surface area (Å²) in [4.78, 5) is 0. The number of aromatic hydroxyl groups is 1. The first kappa shape index (κ1) is 19.4. The average Bonchev–Trinajstić information content (AvgIpc) is 2.67. The molecule has 0 aliphatic heterocycles. The molecular weight excluding hydrogens is 308 g/mol. The predicted octanol–water partition coefficient (Wildman–Crippen LogP) is 6.46. The monoisotopic (exact) mass is 340 g/mol. The van der Waals surface area contributed by atoms with Crippen LogP contribution in [0.1, 0.15) is 69.6 Å². The summed E-state index contributed by atoms with van der Waals surface area (Å²) < 4.78 is 5.90. The number of fused-ring (bicyclic) bond motifs is 1. The Morgan fingerprint density at radius 2 is 1.76 bits per heavy atom. The molecule has 0 aromatic heterocycles. The van der Waals surface area contributed by atoms with Crippen molar-refractivity contribution < 1.29 is 9.84 Å². The Balaban J connectivity index is 0.00000109. The molecule has 1 aliphatic carbocycles.